The third-order valence-electron chi connectivity index (χ3n) is 0.753. The van der Waals surface area contributed by atoms with Gasteiger partial charge >= 0.3 is 0 Å². The highest BCUT2D eigenvalue weighted by atomic mass is 14.7. The molecule has 0 aliphatic heterocycles. The van der Waals surface area contributed by atoms with E-state index in [-0.39, 0.29) is 0 Å². The van der Waals surface area contributed by atoms with Gasteiger partial charge < -0.3 is 10.7 Å². The maximum atomic E-state index is 4.50. The Kier molecular flexibility index (Phi) is 3.98. The lowest BCUT2D eigenvalue weighted by Gasteiger charge is -1.70. The van der Waals surface area contributed by atoms with Gasteiger partial charge in [0.15, 0.2) is 0 Å². The van der Waals surface area contributed by atoms with Gasteiger partial charge in [0, 0.05) is 11.9 Å². The first-order chi connectivity index (χ1) is 3.89. The third-order valence-corrected chi connectivity index (χ3v) is 0.753. The minimum Gasteiger partial charge on any atom is -0.365 e. The zero-order valence-electron chi connectivity index (χ0n) is 5.31. The summed E-state index contributed by atoms with van der Waals surface area (Å²) in [6.07, 6.45) is 1.91. The number of aromatic amines is 1. The molecule has 0 aliphatic rings. The molecule has 0 bridgehead atoms. The lowest BCUT2D eigenvalue weighted by atomic mass is 10.5. The minimum atomic E-state index is 1.22. The maximum Gasteiger partial charge on any atom is 0.0115 e. The van der Waals surface area contributed by atoms with Crippen LogP contribution in [0.3, 0.4) is 0 Å². The number of aryl methyl sites for hydroxylation is 1. The molecule has 0 saturated heterocycles. The molecule has 0 fully saturated rings. The fourth-order valence-corrected chi connectivity index (χ4v) is 0.420. The third kappa shape index (κ3) is 2.42. The van der Waals surface area contributed by atoms with Gasteiger partial charge in [-0.2, -0.15) is 0 Å². The van der Waals surface area contributed by atoms with Crippen molar-refractivity contribution in [3.8, 4) is 0 Å². The maximum absolute atomic E-state index is 4.50. The predicted octanol–water partition coefficient (Wildman–Crippen LogP) is 0.898. The van der Waals surface area contributed by atoms with Crippen molar-refractivity contribution in [1.82, 2.24) is 4.98 Å². The van der Waals surface area contributed by atoms with Crippen LogP contribution in [0.2, 0.25) is 0 Å². The van der Waals surface area contributed by atoms with Crippen LogP contribution in [0.15, 0.2) is 18.3 Å². The van der Waals surface area contributed by atoms with Gasteiger partial charge in [-0.05, 0) is 26.1 Å². The van der Waals surface area contributed by atoms with Gasteiger partial charge in [-0.25, -0.2) is 0 Å². The molecule has 1 aromatic heterocycles. The van der Waals surface area contributed by atoms with Crippen LogP contribution in [0.5, 0.6) is 0 Å². The Hall–Kier alpha value is -0.760. The molecular weight excluding hydrogens is 100 g/mol. The Balaban J connectivity index is 0.000000222. The van der Waals surface area contributed by atoms with E-state index in [2.05, 4.69) is 10.7 Å². The summed E-state index contributed by atoms with van der Waals surface area (Å²) in [5.41, 5.74) is 5.72. The van der Waals surface area contributed by atoms with E-state index in [0.29, 0.717) is 0 Å². The van der Waals surface area contributed by atoms with Gasteiger partial charge in [-0.1, -0.05) is 0 Å². The molecular formula is C6H12N2. The standard InChI is InChI=1S/C5H7N.CH5N/c1-5-3-2-4-6-5;1-2/h2-4,6H,1H3;2H2,1H3. The van der Waals surface area contributed by atoms with Crippen molar-refractivity contribution in [2.75, 3.05) is 7.05 Å². The summed E-state index contributed by atoms with van der Waals surface area (Å²) in [4.78, 5) is 3.00. The van der Waals surface area contributed by atoms with E-state index in [9.17, 15) is 0 Å². The molecule has 0 saturated carbocycles. The Morgan fingerprint density at radius 3 is 2.25 bits per heavy atom. The quantitative estimate of drug-likeness (QED) is 0.514. The van der Waals surface area contributed by atoms with Crippen LogP contribution in [0.1, 0.15) is 5.69 Å². The van der Waals surface area contributed by atoms with Crippen molar-refractivity contribution in [2.24, 2.45) is 5.73 Å². The lowest BCUT2D eigenvalue weighted by Crippen LogP contribution is -1.69. The van der Waals surface area contributed by atoms with E-state index < -0.39 is 0 Å². The number of rotatable bonds is 0. The van der Waals surface area contributed by atoms with Gasteiger partial charge in [0.25, 0.3) is 0 Å². The molecule has 2 heteroatoms. The van der Waals surface area contributed by atoms with Gasteiger partial charge in [0.2, 0.25) is 0 Å². The van der Waals surface area contributed by atoms with Crippen molar-refractivity contribution in [3.63, 3.8) is 0 Å². The first-order valence-electron chi connectivity index (χ1n) is 2.57. The van der Waals surface area contributed by atoms with Crippen LogP contribution in [0.25, 0.3) is 0 Å². The van der Waals surface area contributed by atoms with Crippen LogP contribution in [0.4, 0.5) is 0 Å². The molecule has 0 radical (unpaired) electrons. The zero-order chi connectivity index (χ0) is 6.41. The van der Waals surface area contributed by atoms with Crippen molar-refractivity contribution in [2.45, 2.75) is 6.92 Å². The first-order valence-corrected chi connectivity index (χ1v) is 2.57. The molecule has 1 aromatic rings. The molecule has 0 aliphatic carbocycles. The number of nitrogens with two attached hydrogens (primary N) is 1. The molecule has 0 amide bonds. The summed E-state index contributed by atoms with van der Waals surface area (Å²) in [6.45, 7) is 2.03. The molecule has 1 heterocycles. The molecule has 0 aromatic carbocycles. The van der Waals surface area contributed by atoms with Gasteiger partial charge in [0.05, 0.1) is 0 Å². The molecule has 0 unspecified atom stereocenters. The summed E-state index contributed by atoms with van der Waals surface area (Å²) in [5, 5.41) is 0. The summed E-state index contributed by atoms with van der Waals surface area (Å²) < 4.78 is 0. The Morgan fingerprint density at radius 1 is 1.50 bits per heavy atom. The van der Waals surface area contributed by atoms with E-state index in [4.69, 9.17) is 0 Å². The fraction of sp³-hybridized carbons (Fsp3) is 0.333. The molecule has 1 rings (SSSR count). The largest absolute Gasteiger partial charge is 0.365 e. The van der Waals surface area contributed by atoms with Crippen LogP contribution in [0, 0.1) is 6.92 Å². The van der Waals surface area contributed by atoms with Crippen LogP contribution >= 0.6 is 0 Å². The minimum absolute atomic E-state index is 1.22. The summed E-state index contributed by atoms with van der Waals surface area (Å²) >= 11 is 0. The number of nitrogens with one attached hydrogen (secondary N) is 1. The van der Waals surface area contributed by atoms with Crippen molar-refractivity contribution >= 4 is 0 Å². The summed E-state index contributed by atoms with van der Waals surface area (Å²) in [7, 11) is 1.50. The molecule has 3 N–H and O–H groups in total. The fourth-order valence-electron chi connectivity index (χ4n) is 0.420. The smallest absolute Gasteiger partial charge is 0.0115 e. The van der Waals surface area contributed by atoms with E-state index in [1.165, 1.54) is 12.7 Å². The van der Waals surface area contributed by atoms with Crippen molar-refractivity contribution in [3.05, 3.63) is 24.0 Å². The van der Waals surface area contributed by atoms with Gasteiger partial charge in [0.1, 0.15) is 0 Å². The molecule has 46 valence electrons. The van der Waals surface area contributed by atoms with Crippen molar-refractivity contribution in [1.29, 1.82) is 0 Å². The molecule has 8 heavy (non-hydrogen) atoms. The average molecular weight is 112 g/mol. The highest BCUT2D eigenvalue weighted by Crippen LogP contribution is 1.86. The highest BCUT2D eigenvalue weighted by molar-refractivity contribution is 4.99. The highest BCUT2D eigenvalue weighted by Gasteiger charge is 1.72. The van der Waals surface area contributed by atoms with Crippen LogP contribution < -0.4 is 5.73 Å². The summed E-state index contributed by atoms with van der Waals surface area (Å²) in [5.74, 6) is 0. The van der Waals surface area contributed by atoms with Gasteiger partial charge in [-0.3, -0.25) is 0 Å². The zero-order valence-corrected chi connectivity index (χ0v) is 5.31. The lowest BCUT2D eigenvalue weighted by molar-refractivity contribution is 1.27. The van der Waals surface area contributed by atoms with E-state index >= 15 is 0 Å². The van der Waals surface area contributed by atoms with Crippen molar-refractivity contribution < 1.29 is 0 Å². The number of H-pyrrole nitrogens is 1. The Labute approximate surface area is 49.7 Å². The normalized spacial score (nSPS) is 7.38. The monoisotopic (exact) mass is 112 g/mol. The second-order valence-corrected chi connectivity index (χ2v) is 1.35. The first kappa shape index (κ1) is 7.24. The predicted molar refractivity (Wildman–Crippen MR) is 35.6 cm³/mol. The van der Waals surface area contributed by atoms with E-state index in [1.54, 1.807) is 0 Å². The van der Waals surface area contributed by atoms with E-state index in [1.807, 2.05) is 25.3 Å². The van der Waals surface area contributed by atoms with Crippen LogP contribution in [-0.2, 0) is 0 Å². The average Bonchev–Trinajstić information content (AvgIpc) is 2.24. The Morgan fingerprint density at radius 2 is 2.12 bits per heavy atom. The number of hydrogen-bond donors (Lipinski definition) is 2. The van der Waals surface area contributed by atoms with E-state index in [0.717, 1.165) is 0 Å². The second-order valence-electron chi connectivity index (χ2n) is 1.35. The SMILES string of the molecule is CN.Cc1ccc[nH]1. The number of aromatic nitrogens is 1. The molecule has 0 spiro atoms. The Bertz CT molecular complexity index is 110. The topological polar surface area (TPSA) is 41.8 Å². The summed E-state index contributed by atoms with van der Waals surface area (Å²) in [6, 6.07) is 4.01. The molecule has 0 atom stereocenters. The number of hydrogen-bond acceptors (Lipinski definition) is 1. The molecule has 2 nitrogen and oxygen atoms in total. The second kappa shape index (κ2) is 4.40. The van der Waals surface area contributed by atoms with Crippen LogP contribution in [-0.4, -0.2) is 12.0 Å². The van der Waals surface area contributed by atoms with Gasteiger partial charge in [-0.15, -0.1) is 0 Å².